The van der Waals surface area contributed by atoms with Crippen molar-refractivity contribution in [1.29, 1.82) is 0 Å². The Bertz CT molecular complexity index is 760. The Hall–Kier alpha value is -1.71. The molecule has 4 nitrogen and oxygen atoms in total. The van der Waals surface area contributed by atoms with Gasteiger partial charge >= 0.3 is 5.97 Å². The first-order valence-corrected chi connectivity index (χ1v) is 10.4. The molecule has 0 radical (unpaired) electrons. The third-order valence-corrected chi connectivity index (χ3v) is 8.14. The van der Waals surface area contributed by atoms with E-state index in [1.165, 1.54) is 18.1 Å². The molecule has 5 atom stereocenters. The van der Waals surface area contributed by atoms with Gasteiger partial charge in [-0.1, -0.05) is 31.1 Å². The number of rotatable bonds is 3. The predicted octanol–water partition coefficient (Wildman–Crippen LogP) is 4.19. The summed E-state index contributed by atoms with van der Waals surface area (Å²) in [5, 5.41) is 0. The van der Waals surface area contributed by atoms with Crippen LogP contribution in [0.15, 0.2) is 23.3 Å². The monoisotopic (exact) mass is 370 g/mol. The number of fused-ring (bicyclic) bond motifs is 5. The van der Waals surface area contributed by atoms with E-state index >= 15 is 0 Å². The summed E-state index contributed by atoms with van der Waals surface area (Å²) in [5.74, 6) is 0.986. The lowest BCUT2D eigenvalue weighted by Crippen LogP contribution is -2.45. The number of carbonyl (C=O) groups excluding carboxylic acids is 3. The highest BCUT2D eigenvalue weighted by atomic mass is 16.5. The summed E-state index contributed by atoms with van der Waals surface area (Å²) in [6.45, 7) is 5.86. The lowest BCUT2D eigenvalue weighted by atomic mass is 9.51. The van der Waals surface area contributed by atoms with Gasteiger partial charge in [0.25, 0.3) is 0 Å². The summed E-state index contributed by atoms with van der Waals surface area (Å²) in [6.07, 6.45) is 10.9. The van der Waals surface area contributed by atoms with Crippen molar-refractivity contribution in [3.8, 4) is 0 Å². The molecule has 4 aliphatic carbocycles. The zero-order chi connectivity index (χ0) is 19.4. The molecule has 4 heteroatoms. The number of esters is 1. The Balaban J connectivity index is 1.61. The summed E-state index contributed by atoms with van der Waals surface area (Å²) >= 11 is 0. The smallest absolute Gasteiger partial charge is 0.303 e. The van der Waals surface area contributed by atoms with Gasteiger partial charge in [0, 0.05) is 24.7 Å². The zero-order valence-electron chi connectivity index (χ0n) is 16.7. The van der Waals surface area contributed by atoms with E-state index in [0.29, 0.717) is 18.3 Å². The molecule has 0 saturated heterocycles. The van der Waals surface area contributed by atoms with Crippen LogP contribution in [0, 0.1) is 28.6 Å². The first-order valence-electron chi connectivity index (χ1n) is 10.4. The van der Waals surface area contributed by atoms with Crippen LogP contribution in [0.4, 0.5) is 0 Å². The number of carbonyl (C=O) groups is 3. The fourth-order valence-corrected chi connectivity index (χ4v) is 6.66. The average Bonchev–Trinajstić information content (AvgIpc) is 2.97. The van der Waals surface area contributed by atoms with Crippen molar-refractivity contribution in [3.05, 3.63) is 23.3 Å². The Morgan fingerprint density at radius 2 is 1.96 bits per heavy atom. The van der Waals surface area contributed by atoms with E-state index in [4.69, 9.17) is 4.74 Å². The molecule has 0 aliphatic heterocycles. The van der Waals surface area contributed by atoms with Gasteiger partial charge in [-0.3, -0.25) is 14.4 Å². The topological polar surface area (TPSA) is 60.4 Å². The van der Waals surface area contributed by atoms with Crippen LogP contribution >= 0.6 is 0 Å². The number of allylic oxidation sites excluding steroid dienone is 4. The molecule has 2 saturated carbocycles. The van der Waals surface area contributed by atoms with Crippen molar-refractivity contribution in [2.75, 3.05) is 6.61 Å². The number of hydrogen-bond acceptors (Lipinski definition) is 4. The summed E-state index contributed by atoms with van der Waals surface area (Å²) in [4.78, 5) is 35.8. The van der Waals surface area contributed by atoms with Crippen LogP contribution in [-0.2, 0) is 19.1 Å². The molecule has 0 bridgehead atoms. The molecule has 0 spiro atoms. The fourth-order valence-electron chi connectivity index (χ4n) is 6.66. The standard InChI is InChI=1S/C23H30O4/c1-14(24)27-13-21(26)20-7-6-18-17-5-4-15-12-16(25)8-10-22(15,2)19(17)9-11-23(18,20)3/h9,12,17-18,20H,4-8,10-11,13H2,1-3H3/t17?,18?,20-,22+,23+/m1/s1. The van der Waals surface area contributed by atoms with Gasteiger partial charge in [-0.25, -0.2) is 0 Å². The van der Waals surface area contributed by atoms with Crippen molar-refractivity contribution in [2.24, 2.45) is 28.6 Å². The molecule has 2 unspecified atom stereocenters. The van der Waals surface area contributed by atoms with Crippen LogP contribution in [0.5, 0.6) is 0 Å². The van der Waals surface area contributed by atoms with Crippen molar-refractivity contribution in [2.45, 2.75) is 65.7 Å². The van der Waals surface area contributed by atoms with E-state index in [0.717, 1.165) is 38.5 Å². The average molecular weight is 370 g/mol. The summed E-state index contributed by atoms with van der Waals surface area (Å²) in [7, 11) is 0. The van der Waals surface area contributed by atoms with Gasteiger partial charge in [0.15, 0.2) is 11.6 Å². The second-order valence-corrected chi connectivity index (χ2v) is 9.47. The van der Waals surface area contributed by atoms with Crippen molar-refractivity contribution >= 4 is 17.5 Å². The maximum Gasteiger partial charge on any atom is 0.303 e. The van der Waals surface area contributed by atoms with Crippen molar-refractivity contribution in [3.63, 3.8) is 0 Å². The number of Topliss-reactive ketones (excluding diaryl/α,β-unsaturated/α-hetero) is 1. The van der Waals surface area contributed by atoms with Gasteiger partial charge in [-0.05, 0) is 61.9 Å². The van der Waals surface area contributed by atoms with Gasteiger partial charge < -0.3 is 4.74 Å². The molecule has 0 aromatic carbocycles. The SMILES string of the molecule is CC(=O)OCC(=O)[C@H]1CCC2C3CCC4=CC(=O)CC[C@]4(C)C3=CC[C@@]21C. The Morgan fingerprint density at radius 3 is 2.70 bits per heavy atom. The second-order valence-electron chi connectivity index (χ2n) is 9.47. The number of ketones is 2. The molecule has 27 heavy (non-hydrogen) atoms. The Kier molecular flexibility index (Phi) is 4.44. The number of ether oxygens (including phenoxy) is 1. The van der Waals surface area contributed by atoms with Gasteiger partial charge in [-0.2, -0.15) is 0 Å². The normalized spacial score (nSPS) is 40.3. The molecule has 4 rings (SSSR count). The van der Waals surface area contributed by atoms with Gasteiger partial charge in [0.2, 0.25) is 0 Å². The minimum Gasteiger partial charge on any atom is -0.458 e. The summed E-state index contributed by atoms with van der Waals surface area (Å²) < 4.78 is 5.00. The van der Waals surface area contributed by atoms with Gasteiger partial charge in [0.1, 0.15) is 6.61 Å². The Morgan fingerprint density at radius 1 is 1.19 bits per heavy atom. The summed E-state index contributed by atoms with van der Waals surface area (Å²) in [5.41, 5.74) is 2.86. The highest BCUT2D eigenvalue weighted by molar-refractivity contribution is 5.92. The molecule has 0 amide bonds. The lowest BCUT2D eigenvalue weighted by Gasteiger charge is -2.53. The highest BCUT2D eigenvalue weighted by Crippen LogP contribution is 2.64. The van der Waals surface area contributed by atoms with Gasteiger partial charge in [-0.15, -0.1) is 0 Å². The van der Waals surface area contributed by atoms with Crippen LogP contribution in [0.3, 0.4) is 0 Å². The first kappa shape index (κ1) is 18.6. The molecular formula is C23H30O4. The predicted molar refractivity (Wildman–Crippen MR) is 102 cm³/mol. The summed E-state index contributed by atoms with van der Waals surface area (Å²) in [6, 6.07) is 0. The van der Waals surface area contributed by atoms with Gasteiger partial charge in [0.05, 0.1) is 0 Å². The fraction of sp³-hybridized carbons (Fsp3) is 0.696. The maximum atomic E-state index is 12.8. The minimum absolute atomic E-state index is 0.0164. The van der Waals surface area contributed by atoms with Crippen LogP contribution in [0.25, 0.3) is 0 Å². The molecule has 0 N–H and O–H groups in total. The van der Waals surface area contributed by atoms with Crippen LogP contribution < -0.4 is 0 Å². The van der Waals surface area contributed by atoms with Crippen LogP contribution in [0.1, 0.15) is 65.7 Å². The Labute approximate surface area is 161 Å². The van der Waals surface area contributed by atoms with E-state index in [-0.39, 0.29) is 40.9 Å². The zero-order valence-corrected chi connectivity index (χ0v) is 16.7. The molecule has 2 fully saturated rings. The van der Waals surface area contributed by atoms with E-state index in [2.05, 4.69) is 19.9 Å². The molecule has 0 heterocycles. The number of hydrogen-bond donors (Lipinski definition) is 0. The molecule has 4 aliphatic rings. The van der Waals surface area contributed by atoms with E-state index in [1.54, 1.807) is 0 Å². The molecule has 0 aromatic heterocycles. The van der Waals surface area contributed by atoms with Crippen LogP contribution in [0.2, 0.25) is 0 Å². The van der Waals surface area contributed by atoms with Crippen LogP contribution in [-0.4, -0.2) is 24.1 Å². The maximum absolute atomic E-state index is 12.8. The van der Waals surface area contributed by atoms with Crippen molar-refractivity contribution < 1.29 is 19.1 Å². The van der Waals surface area contributed by atoms with E-state index < -0.39 is 0 Å². The molecule has 146 valence electrons. The van der Waals surface area contributed by atoms with Crippen molar-refractivity contribution in [1.82, 2.24) is 0 Å². The quantitative estimate of drug-likeness (QED) is 0.552. The first-order chi connectivity index (χ1) is 12.8. The highest BCUT2D eigenvalue weighted by Gasteiger charge is 2.57. The van der Waals surface area contributed by atoms with E-state index in [9.17, 15) is 14.4 Å². The third-order valence-electron chi connectivity index (χ3n) is 8.14. The second kappa shape index (κ2) is 6.42. The largest absolute Gasteiger partial charge is 0.458 e. The molecule has 0 aromatic rings. The van der Waals surface area contributed by atoms with E-state index in [1.807, 2.05) is 6.08 Å². The minimum atomic E-state index is -0.389. The lowest BCUT2D eigenvalue weighted by molar-refractivity contribution is -0.148. The molecular weight excluding hydrogens is 340 g/mol. The third kappa shape index (κ3) is 2.83.